The summed E-state index contributed by atoms with van der Waals surface area (Å²) in [4.78, 5) is 15.5. The van der Waals surface area contributed by atoms with E-state index in [4.69, 9.17) is 65.8 Å². The maximum absolute atomic E-state index is 13.4. The van der Waals surface area contributed by atoms with Gasteiger partial charge in [-0.25, -0.2) is 0 Å². The van der Waals surface area contributed by atoms with E-state index in [0.717, 1.165) is 13.1 Å². The fraction of sp³-hybridized carbons (Fsp3) is 0.618. The van der Waals surface area contributed by atoms with Gasteiger partial charge in [-0.15, -0.1) is 23.2 Å². The average Bonchev–Trinajstić information content (AvgIpc) is 3.73. The van der Waals surface area contributed by atoms with Crippen molar-refractivity contribution in [1.82, 2.24) is 4.90 Å². The van der Waals surface area contributed by atoms with Gasteiger partial charge in [0.15, 0.2) is 35.6 Å². The van der Waals surface area contributed by atoms with Gasteiger partial charge in [-0.3, -0.25) is 4.79 Å². The molecule has 0 saturated carbocycles. The van der Waals surface area contributed by atoms with Crippen molar-refractivity contribution in [1.29, 1.82) is 0 Å². The van der Waals surface area contributed by atoms with Crippen LogP contribution in [0.5, 0.6) is 28.7 Å². The second-order valence-corrected chi connectivity index (χ2v) is 13.4. The van der Waals surface area contributed by atoms with Crippen LogP contribution in [0.4, 0.5) is 0 Å². The summed E-state index contributed by atoms with van der Waals surface area (Å²) in [5, 5.41) is 32.5. The number of nitrogens with zero attached hydrogens (tertiary/aromatic N) is 1. The van der Waals surface area contributed by atoms with Crippen molar-refractivity contribution < 1.29 is 62.7 Å². The molecule has 1 aliphatic carbocycles. The van der Waals surface area contributed by atoms with E-state index in [1.807, 2.05) is 7.05 Å². The number of methoxy groups -OCH3 is 2. The Bertz CT molecular complexity index is 1480. The fourth-order valence-corrected chi connectivity index (χ4v) is 7.71. The molecule has 2 aromatic carbocycles. The molecule has 16 heteroatoms. The molecular formula is C34H43Cl2NO13. The number of phenols is 1. The number of aromatic hydroxyl groups is 1. The highest BCUT2D eigenvalue weighted by Crippen LogP contribution is 2.57. The van der Waals surface area contributed by atoms with E-state index in [0.29, 0.717) is 39.9 Å². The Morgan fingerprint density at radius 2 is 1.54 bits per heavy atom. The van der Waals surface area contributed by atoms with Gasteiger partial charge in [0.1, 0.15) is 24.4 Å². The number of benzene rings is 2. The summed E-state index contributed by atoms with van der Waals surface area (Å²) in [6, 6.07) is 6.93. The summed E-state index contributed by atoms with van der Waals surface area (Å²) in [5.74, 6) is 0.351. The zero-order valence-corrected chi connectivity index (χ0v) is 29.7. The van der Waals surface area contributed by atoms with Gasteiger partial charge in [-0.1, -0.05) is 0 Å². The van der Waals surface area contributed by atoms with Crippen molar-refractivity contribution in [3.8, 4) is 28.7 Å². The second kappa shape index (κ2) is 15.8. The molecule has 3 fully saturated rings. The quantitative estimate of drug-likeness (QED) is 0.254. The Kier molecular flexibility index (Phi) is 11.7. The Hall–Kier alpha value is -2.79. The molecule has 0 bridgehead atoms. The SMILES string of the molecule is CN(CCCl)CCCl.COc1cc([C@@H]2c3cc4c(cc3C(O[C@@H]3O[C@@H]5CO[C@@H](C)O[C@H]5[C@H](O)[C@H]3O)C3COC(=O)[C@@H]32)OCO4)cc(OC)c1O. The van der Waals surface area contributed by atoms with E-state index in [-0.39, 0.29) is 37.3 Å². The Balaban J connectivity index is 0.000000485. The summed E-state index contributed by atoms with van der Waals surface area (Å²) in [6.45, 7) is 3.78. The van der Waals surface area contributed by atoms with Crippen molar-refractivity contribution in [3.05, 3.63) is 41.0 Å². The third kappa shape index (κ3) is 7.14. The molecule has 5 aliphatic rings. The summed E-state index contributed by atoms with van der Waals surface area (Å²) in [7, 11) is 4.86. The first-order valence-electron chi connectivity index (χ1n) is 16.4. The predicted octanol–water partition coefficient (Wildman–Crippen LogP) is 2.73. The topological polar surface area (TPSA) is 164 Å². The zero-order chi connectivity index (χ0) is 35.7. The summed E-state index contributed by atoms with van der Waals surface area (Å²) >= 11 is 10.9. The Morgan fingerprint density at radius 3 is 2.16 bits per heavy atom. The van der Waals surface area contributed by atoms with Gasteiger partial charge in [0.25, 0.3) is 0 Å². The van der Waals surface area contributed by atoms with Crippen molar-refractivity contribution >= 4 is 29.2 Å². The van der Waals surface area contributed by atoms with Gasteiger partial charge in [0.05, 0.1) is 39.5 Å². The number of fused-ring (bicyclic) bond motifs is 4. The van der Waals surface area contributed by atoms with E-state index < -0.39 is 66.8 Å². The van der Waals surface area contributed by atoms with Gasteiger partial charge in [0, 0.05) is 36.7 Å². The zero-order valence-electron chi connectivity index (χ0n) is 28.2. The third-order valence-electron chi connectivity index (χ3n) is 9.68. The lowest BCUT2D eigenvalue weighted by Gasteiger charge is -2.47. The highest BCUT2D eigenvalue weighted by atomic mass is 35.5. The number of aliphatic hydroxyl groups is 2. The number of aliphatic hydroxyl groups excluding tert-OH is 2. The molecule has 10 atom stereocenters. The van der Waals surface area contributed by atoms with Crippen molar-refractivity contribution in [2.45, 2.75) is 55.9 Å². The van der Waals surface area contributed by atoms with Crippen LogP contribution in [-0.2, 0) is 28.5 Å². The van der Waals surface area contributed by atoms with Crippen LogP contribution in [0.3, 0.4) is 0 Å². The van der Waals surface area contributed by atoms with Gasteiger partial charge in [-0.05, 0) is 54.9 Å². The van der Waals surface area contributed by atoms with Crippen LogP contribution in [-0.4, -0.2) is 129 Å². The maximum atomic E-state index is 13.4. The monoisotopic (exact) mass is 743 g/mol. The van der Waals surface area contributed by atoms with E-state index in [1.54, 1.807) is 31.2 Å². The van der Waals surface area contributed by atoms with Crippen molar-refractivity contribution in [2.75, 3.05) is 66.1 Å². The minimum Gasteiger partial charge on any atom is -0.502 e. The molecule has 0 spiro atoms. The average molecular weight is 745 g/mol. The Labute approximate surface area is 299 Å². The number of esters is 1. The maximum Gasteiger partial charge on any atom is 0.310 e. The fourth-order valence-electron chi connectivity index (χ4n) is 7.14. The first-order valence-corrected chi connectivity index (χ1v) is 17.5. The van der Waals surface area contributed by atoms with Crippen LogP contribution in [0.1, 0.15) is 35.6 Å². The van der Waals surface area contributed by atoms with Crippen molar-refractivity contribution in [2.24, 2.45) is 11.8 Å². The number of hydrogen-bond donors (Lipinski definition) is 3. The summed E-state index contributed by atoms with van der Waals surface area (Å²) in [6.07, 6.45) is -6.80. The number of alkyl halides is 2. The molecule has 2 aromatic rings. The molecule has 2 unspecified atom stereocenters. The smallest absolute Gasteiger partial charge is 0.310 e. The summed E-state index contributed by atoms with van der Waals surface area (Å²) < 4.78 is 51.5. The number of carbonyl (C=O) groups excluding carboxylic acids is 1. The number of cyclic esters (lactones) is 1. The van der Waals surface area contributed by atoms with Crippen LogP contribution in [0, 0.1) is 11.8 Å². The highest BCUT2D eigenvalue weighted by molar-refractivity contribution is 6.18. The number of halogens is 2. The molecule has 14 nitrogen and oxygen atoms in total. The molecular weight excluding hydrogens is 701 g/mol. The lowest BCUT2D eigenvalue weighted by atomic mass is 9.66. The largest absolute Gasteiger partial charge is 0.502 e. The van der Waals surface area contributed by atoms with E-state index in [1.165, 1.54) is 14.2 Å². The van der Waals surface area contributed by atoms with Crippen molar-refractivity contribution in [3.63, 3.8) is 0 Å². The van der Waals surface area contributed by atoms with Crippen LogP contribution in [0.25, 0.3) is 0 Å². The molecule has 0 aromatic heterocycles. The number of rotatable bonds is 9. The molecule has 3 saturated heterocycles. The molecule has 4 heterocycles. The number of carbonyl (C=O) groups is 1. The molecule has 0 radical (unpaired) electrons. The number of ether oxygens (including phenoxy) is 9. The predicted molar refractivity (Wildman–Crippen MR) is 177 cm³/mol. The lowest BCUT2D eigenvalue weighted by molar-refractivity contribution is -0.364. The molecule has 0 amide bonds. The van der Waals surface area contributed by atoms with Gasteiger partial charge >= 0.3 is 5.97 Å². The minimum atomic E-state index is -1.44. The van der Waals surface area contributed by atoms with Crippen LogP contribution in [0.15, 0.2) is 24.3 Å². The van der Waals surface area contributed by atoms with E-state index in [2.05, 4.69) is 4.90 Å². The van der Waals surface area contributed by atoms with E-state index >= 15 is 0 Å². The second-order valence-electron chi connectivity index (χ2n) is 12.7. The van der Waals surface area contributed by atoms with Gasteiger partial charge in [-0.2, -0.15) is 0 Å². The van der Waals surface area contributed by atoms with Crippen LogP contribution >= 0.6 is 23.2 Å². The molecule has 50 heavy (non-hydrogen) atoms. The van der Waals surface area contributed by atoms with Crippen LogP contribution in [0.2, 0.25) is 0 Å². The molecule has 276 valence electrons. The van der Waals surface area contributed by atoms with E-state index in [9.17, 15) is 20.1 Å². The Morgan fingerprint density at radius 1 is 0.900 bits per heavy atom. The summed E-state index contributed by atoms with van der Waals surface area (Å²) in [5.41, 5.74) is 2.01. The van der Waals surface area contributed by atoms with Gasteiger partial charge in [0.2, 0.25) is 12.5 Å². The number of hydrogen-bond acceptors (Lipinski definition) is 14. The first kappa shape index (κ1) is 37.0. The normalized spacial score (nSPS) is 32.3. The highest BCUT2D eigenvalue weighted by Gasteiger charge is 2.56. The lowest BCUT2D eigenvalue weighted by Crippen LogP contribution is -2.63. The number of phenolic OH excluding ortho intramolecular Hbond substituents is 1. The molecule has 4 aliphatic heterocycles. The molecule has 7 rings (SSSR count). The first-order chi connectivity index (χ1) is 24.1. The van der Waals surface area contributed by atoms with Gasteiger partial charge < -0.3 is 62.9 Å². The minimum absolute atomic E-state index is 0.0301. The molecule has 3 N–H and O–H groups in total. The standard InChI is InChI=1S/C29H32O13.C5H11Cl2N/c1-11-36-9-20-27(40-11)24(31)25(32)29(41-20)42-26-14-7-17-16(38-10-39-17)6-13(14)21(22-15(26)8-37-28(22)33)12-4-18(34-2)23(30)19(5-12)35-3;1-8(4-2-6)5-3-7/h4-7,11,15,20-22,24-27,29-32H,8-10H2,1-3H3;2-5H2,1H3/t11-,15?,20-,21-,22+,24-,25-,26?,27-,29+;/m1./s1. The van der Waals surface area contributed by atoms with Crippen LogP contribution < -0.4 is 18.9 Å². The third-order valence-corrected chi connectivity index (χ3v) is 10.0.